The SMILES string of the molecule is CCCCCCCCCC[S@](=O)C1CCCCC1. The molecule has 2 heteroatoms. The summed E-state index contributed by atoms with van der Waals surface area (Å²) in [5, 5.41) is 0.545. The van der Waals surface area contributed by atoms with Crippen LogP contribution in [0.2, 0.25) is 0 Å². The molecule has 0 spiro atoms. The van der Waals surface area contributed by atoms with Crippen LogP contribution in [0.4, 0.5) is 0 Å². The minimum Gasteiger partial charge on any atom is -0.259 e. The van der Waals surface area contributed by atoms with E-state index in [1.54, 1.807) is 0 Å². The van der Waals surface area contributed by atoms with E-state index < -0.39 is 10.8 Å². The summed E-state index contributed by atoms with van der Waals surface area (Å²) in [6, 6.07) is 0. The molecule has 0 aromatic rings. The molecule has 1 saturated carbocycles. The molecule has 0 radical (unpaired) electrons. The summed E-state index contributed by atoms with van der Waals surface area (Å²) >= 11 is 0. The van der Waals surface area contributed by atoms with E-state index in [9.17, 15) is 4.21 Å². The molecule has 0 heterocycles. The molecular formula is C16H32OS. The van der Waals surface area contributed by atoms with Crippen molar-refractivity contribution in [2.24, 2.45) is 0 Å². The largest absolute Gasteiger partial charge is 0.259 e. The van der Waals surface area contributed by atoms with Crippen molar-refractivity contribution in [2.75, 3.05) is 5.75 Å². The van der Waals surface area contributed by atoms with E-state index in [4.69, 9.17) is 0 Å². The van der Waals surface area contributed by atoms with Crippen molar-refractivity contribution in [3.05, 3.63) is 0 Å². The fourth-order valence-corrected chi connectivity index (χ4v) is 4.55. The van der Waals surface area contributed by atoms with E-state index >= 15 is 0 Å². The minimum atomic E-state index is -0.517. The number of rotatable bonds is 10. The fraction of sp³-hybridized carbons (Fsp3) is 1.00. The fourth-order valence-electron chi connectivity index (χ4n) is 2.87. The lowest BCUT2D eigenvalue weighted by atomic mass is 10.0. The Kier molecular flexibility index (Phi) is 9.92. The molecule has 0 bridgehead atoms. The van der Waals surface area contributed by atoms with E-state index in [1.807, 2.05) is 0 Å². The maximum atomic E-state index is 12.1. The standard InChI is InChI=1S/C16H32OS/c1-2-3-4-5-6-7-8-12-15-18(17)16-13-10-9-11-14-16/h16H,2-15H2,1H3/t18-/m0/s1. The van der Waals surface area contributed by atoms with Gasteiger partial charge >= 0.3 is 0 Å². The molecule has 1 aliphatic carbocycles. The first-order chi connectivity index (χ1) is 8.84. The third-order valence-electron chi connectivity index (χ3n) is 4.12. The zero-order chi connectivity index (χ0) is 13.1. The molecule has 1 aliphatic rings. The van der Waals surface area contributed by atoms with Crippen molar-refractivity contribution in [3.8, 4) is 0 Å². The third-order valence-corrected chi connectivity index (χ3v) is 6.03. The average molecular weight is 272 g/mol. The molecule has 108 valence electrons. The second-order valence-corrected chi connectivity index (χ2v) is 7.66. The van der Waals surface area contributed by atoms with Gasteiger partial charge < -0.3 is 0 Å². The first-order valence-corrected chi connectivity index (χ1v) is 9.60. The van der Waals surface area contributed by atoms with E-state index in [0.29, 0.717) is 5.25 Å². The van der Waals surface area contributed by atoms with Crippen LogP contribution < -0.4 is 0 Å². The van der Waals surface area contributed by atoms with Crippen molar-refractivity contribution < 1.29 is 4.21 Å². The lowest BCUT2D eigenvalue weighted by Gasteiger charge is -2.20. The van der Waals surface area contributed by atoms with Crippen LogP contribution in [0.1, 0.15) is 90.4 Å². The smallest absolute Gasteiger partial charge is 0.0348 e. The molecule has 18 heavy (non-hydrogen) atoms. The summed E-state index contributed by atoms with van der Waals surface area (Å²) in [4.78, 5) is 0. The number of unbranched alkanes of at least 4 members (excludes halogenated alkanes) is 7. The van der Waals surface area contributed by atoms with Crippen LogP contribution in [-0.4, -0.2) is 15.2 Å². The quantitative estimate of drug-likeness (QED) is 0.499. The van der Waals surface area contributed by atoms with Crippen molar-refractivity contribution in [3.63, 3.8) is 0 Å². The molecule has 0 aliphatic heterocycles. The lowest BCUT2D eigenvalue weighted by Crippen LogP contribution is -2.20. The highest BCUT2D eigenvalue weighted by Gasteiger charge is 2.18. The highest BCUT2D eigenvalue weighted by Crippen LogP contribution is 2.22. The first kappa shape index (κ1) is 16.2. The summed E-state index contributed by atoms with van der Waals surface area (Å²) in [7, 11) is -0.517. The Morgan fingerprint density at radius 3 is 2.00 bits per heavy atom. The van der Waals surface area contributed by atoms with Crippen molar-refractivity contribution in [1.29, 1.82) is 0 Å². The molecule has 0 aromatic carbocycles. The Morgan fingerprint density at radius 2 is 1.39 bits per heavy atom. The van der Waals surface area contributed by atoms with Gasteiger partial charge in [-0.1, -0.05) is 71.1 Å². The highest BCUT2D eigenvalue weighted by molar-refractivity contribution is 7.85. The zero-order valence-corrected chi connectivity index (χ0v) is 13.1. The van der Waals surface area contributed by atoms with Gasteiger partial charge in [0.2, 0.25) is 0 Å². The van der Waals surface area contributed by atoms with E-state index in [0.717, 1.165) is 5.75 Å². The van der Waals surface area contributed by atoms with Gasteiger partial charge in [-0.15, -0.1) is 0 Å². The lowest BCUT2D eigenvalue weighted by molar-refractivity contribution is 0.503. The van der Waals surface area contributed by atoms with Gasteiger partial charge in [-0.3, -0.25) is 4.21 Å². The third kappa shape index (κ3) is 7.56. The van der Waals surface area contributed by atoms with Gasteiger partial charge in [0.15, 0.2) is 0 Å². The molecule has 0 saturated heterocycles. The molecule has 1 atom stereocenters. The van der Waals surface area contributed by atoms with Crippen LogP contribution in [0.5, 0.6) is 0 Å². The second-order valence-electron chi connectivity index (χ2n) is 5.82. The zero-order valence-electron chi connectivity index (χ0n) is 12.3. The topological polar surface area (TPSA) is 17.1 Å². The molecule has 1 rings (SSSR count). The second kappa shape index (κ2) is 11.0. The maximum Gasteiger partial charge on any atom is 0.0348 e. The van der Waals surface area contributed by atoms with Crippen LogP contribution in [0.15, 0.2) is 0 Å². The first-order valence-electron chi connectivity index (χ1n) is 8.21. The highest BCUT2D eigenvalue weighted by atomic mass is 32.2. The van der Waals surface area contributed by atoms with Crippen LogP contribution in [-0.2, 0) is 10.8 Å². The monoisotopic (exact) mass is 272 g/mol. The normalized spacial score (nSPS) is 18.9. The summed E-state index contributed by atoms with van der Waals surface area (Å²) < 4.78 is 12.1. The van der Waals surface area contributed by atoms with Gasteiger partial charge in [-0.2, -0.15) is 0 Å². The Balaban J connectivity index is 1.89. The molecule has 0 aromatic heterocycles. The van der Waals surface area contributed by atoms with Crippen molar-refractivity contribution >= 4 is 10.8 Å². The van der Waals surface area contributed by atoms with E-state index in [-0.39, 0.29) is 0 Å². The van der Waals surface area contributed by atoms with Gasteiger partial charge in [-0.05, 0) is 19.3 Å². The number of hydrogen-bond acceptors (Lipinski definition) is 1. The minimum absolute atomic E-state index is 0.517. The van der Waals surface area contributed by atoms with E-state index in [1.165, 1.54) is 83.5 Å². The van der Waals surface area contributed by atoms with Gasteiger partial charge in [0.05, 0.1) is 0 Å². The summed E-state index contributed by atoms with van der Waals surface area (Å²) in [5.74, 6) is 0.972. The van der Waals surface area contributed by atoms with Crippen LogP contribution in [0.3, 0.4) is 0 Å². The van der Waals surface area contributed by atoms with E-state index in [2.05, 4.69) is 6.92 Å². The summed E-state index contributed by atoms with van der Waals surface area (Å²) in [5.41, 5.74) is 0. The summed E-state index contributed by atoms with van der Waals surface area (Å²) in [6.45, 7) is 2.26. The average Bonchev–Trinajstić information content (AvgIpc) is 2.42. The Morgan fingerprint density at radius 1 is 0.833 bits per heavy atom. The Bertz CT molecular complexity index is 209. The molecule has 0 amide bonds. The predicted molar refractivity (Wildman–Crippen MR) is 82.5 cm³/mol. The Hall–Kier alpha value is 0.150. The van der Waals surface area contributed by atoms with Gasteiger partial charge in [0, 0.05) is 21.8 Å². The predicted octanol–water partition coefficient (Wildman–Crippen LogP) is 5.21. The van der Waals surface area contributed by atoms with Crippen LogP contribution in [0, 0.1) is 0 Å². The molecule has 0 unspecified atom stereocenters. The van der Waals surface area contributed by atoms with Crippen LogP contribution >= 0.6 is 0 Å². The van der Waals surface area contributed by atoms with Crippen LogP contribution in [0.25, 0.3) is 0 Å². The van der Waals surface area contributed by atoms with Crippen molar-refractivity contribution in [2.45, 2.75) is 95.6 Å². The molecule has 1 fully saturated rings. The van der Waals surface area contributed by atoms with Gasteiger partial charge in [-0.25, -0.2) is 0 Å². The summed E-state index contributed by atoms with van der Waals surface area (Å²) in [6.07, 6.45) is 17.2. The maximum absolute atomic E-state index is 12.1. The van der Waals surface area contributed by atoms with Crippen molar-refractivity contribution in [1.82, 2.24) is 0 Å². The van der Waals surface area contributed by atoms with Gasteiger partial charge in [0.1, 0.15) is 0 Å². The number of hydrogen-bond donors (Lipinski definition) is 0. The molecule has 0 N–H and O–H groups in total. The Labute approximate surface area is 117 Å². The molecular weight excluding hydrogens is 240 g/mol. The van der Waals surface area contributed by atoms with Gasteiger partial charge in [0.25, 0.3) is 0 Å². The molecule has 1 nitrogen and oxygen atoms in total.